The van der Waals surface area contributed by atoms with Gasteiger partial charge in [0.25, 0.3) is 5.89 Å². The van der Waals surface area contributed by atoms with E-state index in [9.17, 15) is 9.50 Å². The van der Waals surface area contributed by atoms with Gasteiger partial charge in [-0.2, -0.15) is 4.98 Å². The van der Waals surface area contributed by atoms with E-state index in [0.717, 1.165) is 0 Å². The SMILES string of the molecule is OC1(c2nc(-c3cc(F)cc(Br)c3)no2)CCNCC1. The van der Waals surface area contributed by atoms with Crippen LogP contribution in [0.3, 0.4) is 0 Å². The van der Waals surface area contributed by atoms with Crippen molar-refractivity contribution in [3.8, 4) is 11.4 Å². The van der Waals surface area contributed by atoms with Crippen LogP contribution < -0.4 is 5.32 Å². The van der Waals surface area contributed by atoms with E-state index in [2.05, 4.69) is 31.4 Å². The Morgan fingerprint density at radius 3 is 2.75 bits per heavy atom. The molecule has 0 unspecified atom stereocenters. The summed E-state index contributed by atoms with van der Waals surface area (Å²) in [6, 6.07) is 4.38. The second kappa shape index (κ2) is 5.23. The van der Waals surface area contributed by atoms with Crippen LogP contribution in [0.2, 0.25) is 0 Å². The highest BCUT2D eigenvalue weighted by atomic mass is 79.9. The number of aromatic nitrogens is 2. The molecule has 3 rings (SSSR count). The molecule has 1 saturated heterocycles. The average molecular weight is 342 g/mol. The van der Waals surface area contributed by atoms with Crippen LogP contribution in [0.4, 0.5) is 4.39 Å². The number of rotatable bonds is 2. The lowest BCUT2D eigenvalue weighted by molar-refractivity contribution is -0.0228. The molecule has 5 nitrogen and oxygen atoms in total. The normalized spacial score (nSPS) is 18.1. The summed E-state index contributed by atoms with van der Waals surface area (Å²) in [6.07, 6.45) is 1.03. The molecule has 2 aromatic rings. The van der Waals surface area contributed by atoms with Crippen LogP contribution in [0, 0.1) is 5.82 Å². The quantitative estimate of drug-likeness (QED) is 0.876. The molecule has 0 saturated carbocycles. The molecule has 1 aromatic carbocycles. The topological polar surface area (TPSA) is 71.2 Å². The largest absolute Gasteiger partial charge is 0.380 e. The predicted octanol–water partition coefficient (Wildman–Crippen LogP) is 2.21. The molecule has 0 amide bonds. The third-order valence-corrected chi connectivity index (χ3v) is 3.83. The number of hydrogen-bond donors (Lipinski definition) is 2. The van der Waals surface area contributed by atoms with E-state index in [1.807, 2.05) is 0 Å². The Balaban J connectivity index is 1.93. The van der Waals surface area contributed by atoms with Crippen molar-refractivity contribution in [1.29, 1.82) is 0 Å². The van der Waals surface area contributed by atoms with Crippen molar-refractivity contribution in [3.05, 3.63) is 34.4 Å². The second-order valence-electron chi connectivity index (χ2n) is 4.86. The molecule has 1 aliphatic rings. The Kier molecular flexibility index (Phi) is 3.57. The van der Waals surface area contributed by atoms with Crippen molar-refractivity contribution in [3.63, 3.8) is 0 Å². The molecule has 2 N–H and O–H groups in total. The summed E-state index contributed by atoms with van der Waals surface area (Å²) in [5, 5.41) is 17.5. The van der Waals surface area contributed by atoms with Crippen molar-refractivity contribution in [2.45, 2.75) is 18.4 Å². The zero-order valence-electron chi connectivity index (χ0n) is 10.6. The highest BCUT2D eigenvalue weighted by molar-refractivity contribution is 9.10. The molecular weight excluding hydrogens is 329 g/mol. The van der Waals surface area contributed by atoms with Gasteiger partial charge in [0.05, 0.1) is 0 Å². The van der Waals surface area contributed by atoms with Crippen molar-refractivity contribution in [2.24, 2.45) is 0 Å². The summed E-state index contributed by atoms with van der Waals surface area (Å²) in [7, 11) is 0. The van der Waals surface area contributed by atoms with Crippen LogP contribution in [-0.4, -0.2) is 28.3 Å². The highest BCUT2D eigenvalue weighted by Gasteiger charge is 2.37. The fourth-order valence-electron chi connectivity index (χ4n) is 2.27. The molecule has 7 heteroatoms. The predicted molar refractivity (Wildman–Crippen MR) is 73.4 cm³/mol. The van der Waals surface area contributed by atoms with Gasteiger partial charge in [0.2, 0.25) is 5.82 Å². The molecule has 20 heavy (non-hydrogen) atoms. The number of nitrogens with zero attached hydrogens (tertiary/aromatic N) is 2. The van der Waals surface area contributed by atoms with E-state index in [1.165, 1.54) is 12.1 Å². The third-order valence-electron chi connectivity index (χ3n) is 3.38. The Labute approximate surface area is 123 Å². The number of nitrogens with one attached hydrogen (secondary N) is 1. The molecule has 1 aromatic heterocycles. The Morgan fingerprint density at radius 2 is 2.05 bits per heavy atom. The van der Waals surface area contributed by atoms with E-state index in [1.54, 1.807) is 6.07 Å². The maximum atomic E-state index is 13.4. The minimum absolute atomic E-state index is 0.189. The monoisotopic (exact) mass is 341 g/mol. The van der Waals surface area contributed by atoms with Crippen molar-refractivity contribution in [1.82, 2.24) is 15.5 Å². The van der Waals surface area contributed by atoms with Gasteiger partial charge >= 0.3 is 0 Å². The van der Waals surface area contributed by atoms with Gasteiger partial charge in [-0.3, -0.25) is 0 Å². The van der Waals surface area contributed by atoms with Crippen LogP contribution in [0.15, 0.2) is 27.2 Å². The molecule has 0 radical (unpaired) electrons. The van der Waals surface area contributed by atoms with Gasteiger partial charge in [0, 0.05) is 10.0 Å². The van der Waals surface area contributed by atoms with Crippen LogP contribution >= 0.6 is 15.9 Å². The average Bonchev–Trinajstić information content (AvgIpc) is 2.89. The van der Waals surface area contributed by atoms with Crippen molar-refractivity contribution >= 4 is 15.9 Å². The maximum Gasteiger partial charge on any atom is 0.259 e. The van der Waals surface area contributed by atoms with Gasteiger partial charge in [-0.1, -0.05) is 21.1 Å². The van der Waals surface area contributed by atoms with Gasteiger partial charge < -0.3 is 14.9 Å². The molecule has 0 spiro atoms. The first-order valence-electron chi connectivity index (χ1n) is 6.31. The lowest BCUT2D eigenvalue weighted by atomic mass is 9.92. The molecule has 1 aliphatic heterocycles. The first kappa shape index (κ1) is 13.7. The number of halogens is 2. The molecule has 2 heterocycles. The smallest absolute Gasteiger partial charge is 0.259 e. The van der Waals surface area contributed by atoms with Crippen LogP contribution in [0.5, 0.6) is 0 Å². The molecule has 106 valence electrons. The molecule has 0 atom stereocenters. The van der Waals surface area contributed by atoms with Gasteiger partial charge in [0.1, 0.15) is 11.4 Å². The second-order valence-corrected chi connectivity index (χ2v) is 5.78. The van der Waals surface area contributed by atoms with E-state index >= 15 is 0 Å². The van der Waals surface area contributed by atoms with Crippen molar-refractivity contribution < 1.29 is 14.0 Å². The molecule has 0 bridgehead atoms. The number of piperidine rings is 1. The summed E-state index contributed by atoms with van der Waals surface area (Å²) in [5.41, 5.74) is -0.592. The van der Waals surface area contributed by atoms with Gasteiger partial charge in [-0.15, -0.1) is 0 Å². The fourth-order valence-corrected chi connectivity index (χ4v) is 2.73. The van der Waals surface area contributed by atoms with Crippen LogP contribution in [0.1, 0.15) is 18.7 Å². The zero-order valence-corrected chi connectivity index (χ0v) is 12.2. The third kappa shape index (κ3) is 2.61. The lowest BCUT2D eigenvalue weighted by Gasteiger charge is -2.28. The highest BCUT2D eigenvalue weighted by Crippen LogP contribution is 2.31. The summed E-state index contributed by atoms with van der Waals surface area (Å²) in [5.74, 6) is 0.0721. The maximum absolute atomic E-state index is 13.4. The molecule has 1 fully saturated rings. The summed E-state index contributed by atoms with van der Waals surface area (Å²) >= 11 is 3.22. The van der Waals surface area contributed by atoms with Crippen LogP contribution in [0.25, 0.3) is 11.4 Å². The fraction of sp³-hybridized carbons (Fsp3) is 0.385. The first-order chi connectivity index (χ1) is 9.57. The summed E-state index contributed by atoms with van der Waals surface area (Å²) in [4.78, 5) is 4.22. The number of hydrogen-bond acceptors (Lipinski definition) is 5. The van der Waals surface area contributed by atoms with E-state index in [-0.39, 0.29) is 17.5 Å². The van der Waals surface area contributed by atoms with E-state index in [4.69, 9.17) is 4.52 Å². The van der Waals surface area contributed by atoms with Gasteiger partial charge in [-0.25, -0.2) is 4.39 Å². The minimum atomic E-state index is -1.10. The van der Waals surface area contributed by atoms with Crippen LogP contribution in [-0.2, 0) is 5.60 Å². The molecular formula is C13H13BrFN3O2. The summed E-state index contributed by atoms with van der Waals surface area (Å²) < 4.78 is 19.1. The number of aliphatic hydroxyl groups is 1. The molecule has 0 aliphatic carbocycles. The lowest BCUT2D eigenvalue weighted by Crippen LogP contribution is -2.39. The Morgan fingerprint density at radius 1 is 1.30 bits per heavy atom. The van der Waals surface area contributed by atoms with E-state index in [0.29, 0.717) is 36.0 Å². The van der Waals surface area contributed by atoms with E-state index < -0.39 is 5.60 Å². The minimum Gasteiger partial charge on any atom is -0.380 e. The Hall–Kier alpha value is -1.31. The summed E-state index contributed by atoms with van der Waals surface area (Å²) in [6.45, 7) is 1.39. The Bertz CT molecular complexity index is 606. The standard InChI is InChI=1S/C13H13BrFN3O2/c14-9-5-8(6-10(15)7-9)11-17-12(20-18-11)13(19)1-3-16-4-2-13/h5-7,16,19H,1-4H2. The van der Waals surface area contributed by atoms with Gasteiger partial charge in [0.15, 0.2) is 0 Å². The van der Waals surface area contributed by atoms with Gasteiger partial charge in [-0.05, 0) is 44.1 Å². The van der Waals surface area contributed by atoms with Crippen molar-refractivity contribution in [2.75, 3.05) is 13.1 Å². The number of benzene rings is 1. The first-order valence-corrected chi connectivity index (χ1v) is 7.10. The zero-order chi connectivity index (χ0) is 14.2.